The lowest BCUT2D eigenvalue weighted by Gasteiger charge is -2.13. The van der Waals surface area contributed by atoms with Gasteiger partial charge in [-0.2, -0.15) is 0 Å². The smallest absolute Gasteiger partial charge is 0.257 e. The van der Waals surface area contributed by atoms with E-state index in [1.807, 2.05) is 24.3 Å². The fourth-order valence-electron chi connectivity index (χ4n) is 1.68. The minimum absolute atomic E-state index is 0.0320. The number of amides is 1. The molecule has 0 aliphatic carbocycles. The molecule has 1 atom stereocenters. The Hall–Kier alpha value is -1.59. The lowest BCUT2D eigenvalue weighted by atomic mass is 10.1. The second-order valence-corrected chi connectivity index (χ2v) is 4.39. The first-order chi connectivity index (χ1) is 9.15. The minimum Gasteiger partial charge on any atom is -0.484 e. The zero-order valence-corrected chi connectivity index (χ0v) is 11.5. The van der Waals surface area contributed by atoms with Crippen molar-refractivity contribution in [1.82, 2.24) is 10.6 Å². The van der Waals surface area contributed by atoms with Crippen LogP contribution in [0.15, 0.2) is 24.3 Å². The van der Waals surface area contributed by atoms with Gasteiger partial charge in [0.25, 0.3) is 5.91 Å². The summed E-state index contributed by atoms with van der Waals surface area (Å²) in [4.78, 5) is 11.0. The molecule has 106 valence electrons. The molecule has 1 amide bonds. The van der Waals surface area contributed by atoms with Crippen molar-refractivity contribution in [3.63, 3.8) is 0 Å². The highest BCUT2D eigenvalue weighted by molar-refractivity contribution is 5.77. The molecule has 19 heavy (non-hydrogen) atoms. The highest BCUT2D eigenvalue weighted by atomic mass is 16.5. The molecule has 0 heterocycles. The van der Waals surface area contributed by atoms with Gasteiger partial charge in [0.2, 0.25) is 0 Å². The minimum atomic E-state index is -0.147. The van der Waals surface area contributed by atoms with Crippen molar-refractivity contribution < 1.29 is 14.6 Å². The number of rotatable bonds is 8. The molecule has 5 nitrogen and oxygen atoms in total. The number of nitrogens with one attached hydrogen (secondary N) is 2. The van der Waals surface area contributed by atoms with Gasteiger partial charge in [-0.25, -0.2) is 0 Å². The van der Waals surface area contributed by atoms with Gasteiger partial charge >= 0.3 is 0 Å². The molecule has 0 aromatic heterocycles. The number of benzene rings is 1. The van der Waals surface area contributed by atoms with Crippen LogP contribution in [0.5, 0.6) is 5.75 Å². The molecule has 0 bridgehead atoms. The molecule has 1 aromatic carbocycles. The number of ether oxygens (including phenoxy) is 1. The summed E-state index contributed by atoms with van der Waals surface area (Å²) in [5.41, 5.74) is 1.19. The van der Waals surface area contributed by atoms with Crippen molar-refractivity contribution in [3.05, 3.63) is 29.8 Å². The van der Waals surface area contributed by atoms with Crippen LogP contribution in [0.25, 0.3) is 0 Å². The van der Waals surface area contributed by atoms with Gasteiger partial charge in [0, 0.05) is 19.6 Å². The Bertz CT molecular complexity index is 379. The fraction of sp³-hybridized carbons (Fsp3) is 0.500. The van der Waals surface area contributed by atoms with Gasteiger partial charge in [0.05, 0.1) is 6.61 Å². The predicted molar refractivity (Wildman–Crippen MR) is 74.3 cm³/mol. The Morgan fingerprint density at radius 1 is 1.37 bits per heavy atom. The molecule has 0 aliphatic heterocycles. The normalized spacial score (nSPS) is 11.9. The summed E-state index contributed by atoms with van der Waals surface area (Å²) in [6.07, 6.45) is 0.885. The quantitative estimate of drug-likeness (QED) is 0.634. The first-order valence-electron chi connectivity index (χ1n) is 6.42. The standard InChI is InChI=1S/C14H22N2O3/c1-11(16-7-8-17)9-12-3-5-13(6-4-12)19-10-14(18)15-2/h3-6,11,16-17H,7-10H2,1-2H3,(H,15,18). The average Bonchev–Trinajstić information content (AvgIpc) is 2.44. The lowest BCUT2D eigenvalue weighted by Crippen LogP contribution is -2.30. The van der Waals surface area contributed by atoms with Gasteiger partial charge < -0.3 is 20.5 Å². The molecule has 0 saturated heterocycles. The summed E-state index contributed by atoms with van der Waals surface area (Å²) in [5.74, 6) is 0.536. The van der Waals surface area contributed by atoms with E-state index < -0.39 is 0 Å². The number of likely N-dealkylation sites (N-methyl/N-ethyl adjacent to an activating group) is 1. The van der Waals surface area contributed by atoms with Crippen LogP contribution in [0, 0.1) is 0 Å². The summed E-state index contributed by atoms with van der Waals surface area (Å²) in [6.45, 7) is 2.86. The van der Waals surface area contributed by atoms with Gasteiger partial charge in [-0.1, -0.05) is 12.1 Å². The average molecular weight is 266 g/mol. The van der Waals surface area contributed by atoms with Gasteiger partial charge in [-0.3, -0.25) is 4.79 Å². The first-order valence-corrected chi connectivity index (χ1v) is 6.42. The molecule has 5 heteroatoms. The number of carbonyl (C=O) groups excluding carboxylic acids is 1. The van der Waals surface area contributed by atoms with Crippen LogP contribution in [0.4, 0.5) is 0 Å². The third-order valence-electron chi connectivity index (χ3n) is 2.72. The SMILES string of the molecule is CNC(=O)COc1ccc(CC(C)NCCO)cc1. The van der Waals surface area contributed by atoms with Gasteiger partial charge in [0.1, 0.15) is 5.75 Å². The highest BCUT2D eigenvalue weighted by Crippen LogP contribution is 2.13. The van der Waals surface area contributed by atoms with Crippen LogP contribution >= 0.6 is 0 Å². The Balaban J connectivity index is 2.40. The molecule has 3 N–H and O–H groups in total. The van der Waals surface area contributed by atoms with Crippen molar-refractivity contribution in [1.29, 1.82) is 0 Å². The summed E-state index contributed by atoms with van der Waals surface area (Å²) < 4.78 is 5.32. The van der Waals surface area contributed by atoms with Gasteiger partial charge in [0.15, 0.2) is 6.61 Å². The molecular formula is C14H22N2O3. The zero-order valence-electron chi connectivity index (χ0n) is 11.5. The number of carbonyl (C=O) groups is 1. The topological polar surface area (TPSA) is 70.6 Å². The second-order valence-electron chi connectivity index (χ2n) is 4.39. The summed E-state index contributed by atoms with van der Waals surface area (Å²) >= 11 is 0. The van der Waals surface area contributed by atoms with Gasteiger partial charge in [-0.15, -0.1) is 0 Å². The summed E-state index contributed by atoms with van der Waals surface area (Å²) in [7, 11) is 1.58. The number of aliphatic hydroxyl groups excluding tert-OH is 1. The number of hydrogen-bond donors (Lipinski definition) is 3. The molecule has 1 rings (SSSR count). The van der Waals surface area contributed by atoms with Crippen LogP contribution in [-0.4, -0.2) is 43.9 Å². The molecule has 0 fully saturated rings. The highest BCUT2D eigenvalue weighted by Gasteiger charge is 2.04. The lowest BCUT2D eigenvalue weighted by molar-refractivity contribution is -0.122. The molecule has 1 unspecified atom stereocenters. The maximum absolute atomic E-state index is 11.0. The third-order valence-corrected chi connectivity index (χ3v) is 2.72. The Morgan fingerprint density at radius 2 is 2.05 bits per heavy atom. The second kappa shape index (κ2) is 8.50. The molecule has 0 saturated carbocycles. The molecule has 0 aliphatic rings. The molecule has 0 radical (unpaired) electrons. The Labute approximate surface area is 114 Å². The van der Waals surface area contributed by atoms with Crippen LogP contribution in [0.2, 0.25) is 0 Å². The van der Waals surface area contributed by atoms with E-state index in [1.54, 1.807) is 7.05 Å². The number of aliphatic hydroxyl groups is 1. The van der Waals surface area contributed by atoms with Crippen molar-refractivity contribution >= 4 is 5.91 Å². The van der Waals surface area contributed by atoms with E-state index in [2.05, 4.69) is 17.6 Å². The molecule has 0 spiro atoms. The predicted octanol–water partition coefficient (Wildman–Crippen LogP) is 0.324. The van der Waals surface area contributed by atoms with Crippen LogP contribution in [-0.2, 0) is 11.2 Å². The van der Waals surface area contributed by atoms with E-state index >= 15 is 0 Å². The van der Waals surface area contributed by atoms with Crippen molar-refractivity contribution in [3.8, 4) is 5.75 Å². The summed E-state index contributed by atoms with van der Waals surface area (Å²) in [6, 6.07) is 7.99. The maximum atomic E-state index is 11.0. The van der Waals surface area contributed by atoms with Crippen LogP contribution < -0.4 is 15.4 Å². The van der Waals surface area contributed by atoms with Crippen molar-refractivity contribution in [2.45, 2.75) is 19.4 Å². The van der Waals surface area contributed by atoms with Crippen LogP contribution in [0.1, 0.15) is 12.5 Å². The van der Waals surface area contributed by atoms with Gasteiger partial charge in [-0.05, 0) is 31.0 Å². The zero-order chi connectivity index (χ0) is 14.1. The van der Waals surface area contributed by atoms with E-state index in [1.165, 1.54) is 5.56 Å². The van der Waals surface area contributed by atoms with E-state index in [0.717, 1.165) is 6.42 Å². The monoisotopic (exact) mass is 266 g/mol. The first kappa shape index (κ1) is 15.5. The van der Waals surface area contributed by atoms with Crippen LogP contribution in [0.3, 0.4) is 0 Å². The van der Waals surface area contributed by atoms with E-state index in [0.29, 0.717) is 18.3 Å². The molecule has 1 aromatic rings. The third kappa shape index (κ3) is 6.22. The Kier molecular flexibility index (Phi) is 6.92. The van der Waals surface area contributed by atoms with E-state index in [-0.39, 0.29) is 19.1 Å². The fourth-order valence-corrected chi connectivity index (χ4v) is 1.68. The largest absolute Gasteiger partial charge is 0.484 e. The maximum Gasteiger partial charge on any atom is 0.257 e. The Morgan fingerprint density at radius 3 is 2.63 bits per heavy atom. The summed E-state index contributed by atoms with van der Waals surface area (Å²) in [5, 5.41) is 14.4. The molecular weight excluding hydrogens is 244 g/mol. The van der Waals surface area contributed by atoms with Crippen molar-refractivity contribution in [2.75, 3.05) is 26.8 Å². The van der Waals surface area contributed by atoms with E-state index in [9.17, 15) is 4.79 Å². The van der Waals surface area contributed by atoms with E-state index in [4.69, 9.17) is 9.84 Å². The number of hydrogen-bond acceptors (Lipinski definition) is 4. The van der Waals surface area contributed by atoms with Crippen molar-refractivity contribution in [2.24, 2.45) is 0 Å².